The van der Waals surface area contributed by atoms with Crippen LogP contribution in [0.1, 0.15) is 52.9 Å². The molecule has 37 heavy (non-hydrogen) atoms. The molecule has 15 heteroatoms. The molecule has 15 nitrogen and oxygen atoms in total. The fraction of sp³-hybridized carbons (Fsp3) is 0.727. The van der Waals surface area contributed by atoms with Gasteiger partial charge in [0.05, 0.1) is 6.61 Å². The van der Waals surface area contributed by atoms with Crippen molar-refractivity contribution in [3.05, 3.63) is 0 Å². The SMILES string of the molecule is CC(=O)NCCCC[C@H](NC(=O)[C@@H](N)CO)C(=O)N[C@H](C(=O)N[C@@H](CCCNC(N)=O)C(=O)O)C(C)C. The van der Waals surface area contributed by atoms with E-state index in [1.54, 1.807) is 13.8 Å². The van der Waals surface area contributed by atoms with Gasteiger partial charge >= 0.3 is 12.0 Å². The van der Waals surface area contributed by atoms with Gasteiger partial charge in [0, 0.05) is 20.0 Å². The summed E-state index contributed by atoms with van der Waals surface area (Å²) in [7, 11) is 0. The molecule has 0 aliphatic rings. The van der Waals surface area contributed by atoms with E-state index in [1.165, 1.54) is 6.92 Å². The number of carboxylic acids is 1. The Morgan fingerprint density at radius 3 is 1.86 bits per heavy atom. The number of unbranched alkanes of at least 4 members (excludes halogenated alkanes) is 1. The standard InChI is InChI=1S/C22H41N7O8/c1-12(2)17(20(34)28-16(21(35)36)8-6-10-26-22(24)37)29-19(33)15(27-18(32)14(23)11-30)7-4-5-9-25-13(3)31/h12,14-17,30H,4-11,23H2,1-3H3,(H,25,31)(H,27,32)(H,28,34)(H,29,33)(H,35,36)(H3,24,26,37)/t14-,15-,16-,17-/m0/s1. The molecule has 0 bridgehead atoms. The molecule has 0 aromatic heterocycles. The summed E-state index contributed by atoms with van der Waals surface area (Å²) in [5, 5.41) is 30.9. The lowest BCUT2D eigenvalue weighted by Crippen LogP contribution is -2.58. The van der Waals surface area contributed by atoms with E-state index in [0.29, 0.717) is 19.4 Å². The van der Waals surface area contributed by atoms with Gasteiger partial charge in [0.25, 0.3) is 0 Å². The van der Waals surface area contributed by atoms with Crippen molar-refractivity contribution in [2.75, 3.05) is 19.7 Å². The Labute approximate surface area is 215 Å². The molecule has 0 unspecified atom stereocenters. The third-order valence-electron chi connectivity index (χ3n) is 5.29. The molecule has 6 amide bonds. The highest BCUT2D eigenvalue weighted by molar-refractivity contribution is 5.94. The van der Waals surface area contributed by atoms with Gasteiger partial charge in [-0.25, -0.2) is 9.59 Å². The predicted molar refractivity (Wildman–Crippen MR) is 133 cm³/mol. The number of urea groups is 1. The van der Waals surface area contributed by atoms with Crippen LogP contribution in [0.5, 0.6) is 0 Å². The average Bonchev–Trinajstić information content (AvgIpc) is 2.81. The van der Waals surface area contributed by atoms with Crippen molar-refractivity contribution >= 4 is 35.6 Å². The minimum absolute atomic E-state index is 0.00610. The van der Waals surface area contributed by atoms with Crippen LogP contribution in [0.2, 0.25) is 0 Å². The molecule has 0 spiro atoms. The molecule has 0 aliphatic heterocycles. The number of hydrogen-bond donors (Lipinski definition) is 9. The molecule has 0 heterocycles. The number of amides is 6. The van der Waals surface area contributed by atoms with Crippen molar-refractivity contribution in [3.8, 4) is 0 Å². The Hall–Kier alpha value is -3.46. The quantitative estimate of drug-likeness (QED) is 0.0830. The third kappa shape index (κ3) is 14.6. The number of aliphatic hydroxyl groups is 1. The van der Waals surface area contributed by atoms with Gasteiger partial charge in [-0.2, -0.15) is 0 Å². The predicted octanol–water partition coefficient (Wildman–Crippen LogP) is -2.74. The zero-order chi connectivity index (χ0) is 28.5. The van der Waals surface area contributed by atoms with Crippen LogP contribution < -0.4 is 38.1 Å². The van der Waals surface area contributed by atoms with Gasteiger partial charge in [0.15, 0.2) is 0 Å². The molecule has 0 radical (unpaired) electrons. The largest absolute Gasteiger partial charge is 0.480 e. The van der Waals surface area contributed by atoms with E-state index in [1.807, 2.05) is 0 Å². The summed E-state index contributed by atoms with van der Waals surface area (Å²) >= 11 is 0. The highest BCUT2D eigenvalue weighted by Gasteiger charge is 2.31. The summed E-state index contributed by atoms with van der Waals surface area (Å²) in [6.45, 7) is 4.54. The van der Waals surface area contributed by atoms with Crippen LogP contribution >= 0.6 is 0 Å². The summed E-state index contributed by atoms with van der Waals surface area (Å²) in [4.78, 5) is 71.4. The van der Waals surface area contributed by atoms with E-state index in [2.05, 4.69) is 26.6 Å². The Bertz CT molecular complexity index is 793. The molecule has 0 aromatic rings. The monoisotopic (exact) mass is 531 g/mol. The summed E-state index contributed by atoms with van der Waals surface area (Å²) in [6.07, 6.45) is 1.35. The molecule has 212 valence electrons. The maximum absolute atomic E-state index is 13.0. The lowest BCUT2D eigenvalue weighted by atomic mass is 10.0. The fourth-order valence-electron chi connectivity index (χ4n) is 3.19. The first kappa shape index (κ1) is 33.5. The van der Waals surface area contributed by atoms with Crippen LogP contribution in [-0.2, 0) is 24.0 Å². The minimum Gasteiger partial charge on any atom is -0.480 e. The maximum Gasteiger partial charge on any atom is 0.326 e. The minimum atomic E-state index is -1.29. The van der Waals surface area contributed by atoms with Crippen molar-refractivity contribution in [1.29, 1.82) is 0 Å². The molecule has 0 aromatic carbocycles. The zero-order valence-corrected chi connectivity index (χ0v) is 21.5. The highest BCUT2D eigenvalue weighted by atomic mass is 16.4. The van der Waals surface area contributed by atoms with Crippen LogP contribution in [0.15, 0.2) is 0 Å². The fourth-order valence-corrected chi connectivity index (χ4v) is 3.19. The topological polar surface area (TPSA) is 255 Å². The van der Waals surface area contributed by atoms with Crippen molar-refractivity contribution in [1.82, 2.24) is 26.6 Å². The van der Waals surface area contributed by atoms with Gasteiger partial charge in [-0.1, -0.05) is 13.8 Å². The van der Waals surface area contributed by atoms with E-state index in [4.69, 9.17) is 16.6 Å². The van der Waals surface area contributed by atoms with E-state index in [0.717, 1.165) is 0 Å². The molecule has 4 atom stereocenters. The Kier molecular flexibility index (Phi) is 16.2. The number of aliphatic carboxylic acids is 1. The van der Waals surface area contributed by atoms with Gasteiger partial charge < -0.3 is 48.3 Å². The van der Waals surface area contributed by atoms with E-state index in [9.17, 15) is 33.9 Å². The van der Waals surface area contributed by atoms with Gasteiger partial charge in [-0.15, -0.1) is 0 Å². The van der Waals surface area contributed by atoms with Crippen LogP contribution in [0, 0.1) is 5.92 Å². The second-order valence-corrected chi connectivity index (χ2v) is 8.89. The molecule has 0 fully saturated rings. The number of carbonyl (C=O) groups excluding carboxylic acids is 5. The van der Waals surface area contributed by atoms with Gasteiger partial charge in [-0.05, 0) is 38.0 Å². The normalized spacial score (nSPS) is 14.0. The molecular weight excluding hydrogens is 490 g/mol. The van der Waals surface area contributed by atoms with E-state index < -0.39 is 66.4 Å². The Morgan fingerprint density at radius 1 is 0.784 bits per heavy atom. The van der Waals surface area contributed by atoms with Crippen molar-refractivity contribution in [2.45, 2.75) is 77.0 Å². The number of hydrogen-bond acceptors (Lipinski definition) is 8. The molecular formula is C22H41N7O8. The van der Waals surface area contributed by atoms with Crippen molar-refractivity contribution in [3.63, 3.8) is 0 Å². The van der Waals surface area contributed by atoms with Crippen molar-refractivity contribution in [2.24, 2.45) is 17.4 Å². The molecule has 0 saturated carbocycles. The average molecular weight is 532 g/mol. The second-order valence-electron chi connectivity index (χ2n) is 8.89. The van der Waals surface area contributed by atoms with Crippen LogP contribution in [0.25, 0.3) is 0 Å². The summed E-state index contributed by atoms with van der Waals surface area (Å²) in [6, 6.07) is -5.49. The van der Waals surface area contributed by atoms with Gasteiger partial charge in [0.2, 0.25) is 23.6 Å². The van der Waals surface area contributed by atoms with Crippen LogP contribution in [0.3, 0.4) is 0 Å². The first-order valence-corrected chi connectivity index (χ1v) is 12.1. The summed E-state index contributed by atoms with van der Waals surface area (Å²) in [5.41, 5.74) is 10.5. The smallest absolute Gasteiger partial charge is 0.326 e. The number of nitrogens with two attached hydrogens (primary N) is 2. The summed E-state index contributed by atoms with van der Waals surface area (Å²) < 4.78 is 0. The number of aliphatic hydroxyl groups excluding tert-OH is 1. The van der Waals surface area contributed by atoms with Crippen LogP contribution in [0.4, 0.5) is 4.79 Å². The van der Waals surface area contributed by atoms with Crippen molar-refractivity contribution < 1.29 is 39.0 Å². The Balaban J connectivity index is 5.32. The highest BCUT2D eigenvalue weighted by Crippen LogP contribution is 2.08. The Morgan fingerprint density at radius 2 is 1.35 bits per heavy atom. The molecule has 11 N–H and O–H groups in total. The summed E-state index contributed by atoms with van der Waals surface area (Å²) in [5.74, 6) is -4.11. The molecule has 0 rings (SSSR count). The van der Waals surface area contributed by atoms with E-state index >= 15 is 0 Å². The molecule has 0 aliphatic carbocycles. The molecule has 0 saturated heterocycles. The number of carboxylic acid groups (broad SMARTS) is 1. The van der Waals surface area contributed by atoms with E-state index in [-0.39, 0.29) is 31.7 Å². The van der Waals surface area contributed by atoms with Gasteiger partial charge in [-0.3, -0.25) is 19.2 Å². The lowest BCUT2D eigenvalue weighted by Gasteiger charge is -2.27. The number of carbonyl (C=O) groups is 6. The lowest BCUT2D eigenvalue weighted by molar-refractivity contribution is -0.142. The van der Waals surface area contributed by atoms with Crippen LogP contribution in [-0.4, -0.2) is 89.7 Å². The number of primary amides is 1. The maximum atomic E-state index is 13.0. The third-order valence-corrected chi connectivity index (χ3v) is 5.29. The first-order valence-electron chi connectivity index (χ1n) is 12.1. The van der Waals surface area contributed by atoms with Gasteiger partial charge in [0.1, 0.15) is 24.2 Å². The number of nitrogens with one attached hydrogen (secondary N) is 5. The number of rotatable bonds is 18. The zero-order valence-electron chi connectivity index (χ0n) is 21.5. The second kappa shape index (κ2) is 17.9. The first-order chi connectivity index (χ1) is 17.3.